The first-order chi connectivity index (χ1) is 9.99. The smallest absolute Gasteiger partial charge is 0.151 e. The molecule has 1 unspecified atom stereocenters. The minimum absolute atomic E-state index is 0.195. The Balaban J connectivity index is 2.42. The second-order valence-electron chi connectivity index (χ2n) is 4.98. The average Bonchev–Trinajstić information content (AvgIpc) is 2.82. The van der Waals surface area contributed by atoms with E-state index in [2.05, 4.69) is 4.98 Å². The molecule has 0 bridgehead atoms. The van der Waals surface area contributed by atoms with E-state index in [1.165, 1.54) is 12.1 Å². The number of aromatic nitrogens is 2. The van der Waals surface area contributed by atoms with Crippen molar-refractivity contribution in [2.24, 2.45) is 0 Å². The highest BCUT2D eigenvalue weighted by atomic mass is 35.5. The topological polar surface area (TPSA) is 17.8 Å². The van der Waals surface area contributed by atoms with E-state index in [0.29, 0.717) is 17.0 Å². The van der Waals surface area contributed by atoms with Crippen LogP contribution in [0.2, 0.25) is 0 Å². The minimum atomic E-state index is -0.475. The Morgan fingerprint density at radius 2 is 1.90 bits per heavy atom. The number of aryl methyl sites for hydroxylation is 1. The van der Waals surface area contributed by atoms with Crippen LogP contribution in [0.3, 0.4) is 0 Å². The van der Waals surface area contributed by atoms with Gasteiger partial charge < -0.3 is 0 Å². The van der Waals surface area contributed by atoms with E-state index in [1.807, 2.05) is 6.92 Å². The van der Waals surface area contributed by atoms with Crippen LogP contribution in [0.1, 0.15) is 23.7 Å². The second kappa shape index (κ2) is 5.11. The number of fused-ring (bicyclic) bond motifs is 1. The fourth-order valence-electron chi connectivity index (χ4n) is 2.40. The van der Waals surface area contributed by atoms with Gasteiger partial charge in [-0.15, -0.1) is 11.6 Å². The number of hydrogen-bond donors (Lipinski definition) is 0. The Bertz CT molecular complexity index is 825. The van der Waals surface area contributed by atoms with Crippen molar-refractivity contribution in [2.45, 2.75) is 19.2 Å². The first-order valence-corrected chi connectivity index (χ1v) is 7.00. The van der Waals surface area contributed by atoms with E-state index in [9.17, 15) is 8.78 Å². The lowest BCUT2D eigenvalue weighted by Gasteiger charge is -2.12. The van der Waals surface area contributed by atoms with Crippen molar-refractivity contribution >= 4 is 22.6 Å². The van der Waals surface area contributed by atoms with Crippen LogP contribution in [0.15, 0.2) is 36.4 Å². The number of para-hydroxylation sites is 1. The van der Waals surface area contributed by atoms with Gasteiger partial charge in [0.15, 0.2) is 5.82 Å². The quantitative estimate of drug-likeness (QED) is 0.615. The molecule has 5 heteroatoms. The maximum absolute atomic E-state index is 14.2. The molecule has 0 aliphatic carbocycles. The molecule has 0 N–H and O–H groups in total. The molecule has 0 saturated carbocycles. The predicted octanol–water partition coefficient (Wildman–Crippen LogP) is 4.91. The van der Waals surface area contributed by atoms with E-state index >= 15 is 0 Å². The monoisotopic (exact) mass is 306 g/mol. The van der Waals surface area contributed by atoms with Gasteiger partial charge in [0.2, 0.25) is 0 Å². The number of alkyl halides is 1. The van der Waals surface area contributed by atoms with Crippen molar-refractivity contribution in [3.8, 4) is 5.69 Å². The molecule has 0 amide bonds. The Morgan fingerprint density at radius 1 is 1.14 bits per heavy atom. The van der Waals surface area contributed by atoms with Crippen LogP contribution in [0.4, 0.5) is 8.78 Å². The molecule has 2 aromatic carbocycles. The molecule has 3 aromatic rings. The maximum Gasteiger partial charge on any atom is 0.151 e. The standard InChI is InChI=1S/C16H13ClF2N2/c1-9-6-7-11(18)14(8-9)21-13-5-3-4-12(19)15(13)20-16(21)10(2)17/h3-8,10H,1-2H3. The van der Waals surface area contributed by atoms with Crippen LogP contribution in [0.5, 0.6) is 0 Å². The summed E-state index contributed by atoms with van der Waals surface area (Å²) < 4.78 is 29.7. The molecule has 0 spiro atoms. The van der Waals surface area contributed by atoms with Crippen molar-refractivity contribution in [3.63, 3.8) is 0 Å². The van der Waals surface area contributed by atoms with E-state index in [4.69, 9.17) is 11.6 Å². The zero-order valence-electron chi connectivity index (χ0n) is 11.6. The van der Waals surface area contributed by atoms with Gasteiger partial charge >= 0.3 is 0 Å². The summed E-state index contributed by atoms with van der Waals surface area (Å²) >= 11 is 6.15. The normalized spacial score (nSPS) is 12.8. The lowest BCUT2D eigenvalue weighted by Crippen LogP contribution is -2.04. The fraction of sp³-hybridized carbons (Fsp3) is 0.188. The number of nitrogens with zero attached hydrogens (tertiary/aromatic N) is 2. The molecular formula is C16H13ClF2N2. The van der Waals surface area contributed by atoms with Crippen molar-refractivity contribution in [2.75, 3.05) is 0 Å². The van der Waals surface area contributed by atoms with Crippen LogP contribution >= 0.6 is 11.6 Å². The first kappa shape index (κ1) is 14.0. The number of benzene rings is 2. The highest BCUT2D eigenvalue weighted by Crippen LogP contribution is 2.30. The maximum atomic E-state index is 14.2. The molecule has 0 aliphatic rings. The van der Waals surface area contributed by atoms with Crippen LogP contribution in [0.25, 0.3) is 16.7 Å². The number of rotatable bonds is 2. The Morgan fingerprint density at radius 3 is 2.62 bits per heavy atom. The third-order valence-electron chi connectivity index (χ3n) is 3.36. The van der Waals surface area contributed by atoms with Crippen LogP contribution < -0.4 is 0 Å². The van der Waals surface area contributed by atoms with Gasteiger partial charge in [0, 0.05) is 0 Å². The van der Waals surface area contributed by atoms with Gasteiger partial charge in [-0.2, -0.15) is 0 Å². The SMILES string of the molecule is Cc1ccc(F)c(-n2c(C(C)Cl)nc3c(F)cccc32)c1. The minimum Gasteiger partial charge on any atom is -0.292 e. The summed E-state index contributed by atoms with van der Waals surface area (Å²) in [7, 11) is 0. The van der Waals surface area contributed by atoms with Crippen molar-refractivity contribution in [3.05, 3.63) is 59.4 Å². The molecule has 0 saturated heterocycles. The molecule has 1 heterocycles. The summed E-state index contributed by atoms with van der Waals surface area (Å²) in [6, 6.07) is 9.38. The van der Waals surface area contributed by atoms with Gasteiger partial charge in [-0.1, -0.05) is 12.1 Å². The van der Waals surface area contributed by atoms with Gasteiger partial charge in [0.1, 0.15) is 17.2 Å². The summed E-state index contributed by atoms with van der Waals surface area (Å²) in [5.74, 6) is -0.429. The Labute approximate surface area is 126 Å². The zero-order valence-corrected chi connectivity index (χ0v) is 12.3. The first-order valence-electron chi connectivity index (χ1n) is 6.56. The third kappa shape index (κ3) is 2.29. The molecule has 1 atom stereocenters. The Kier molecular flexibility index (Phi) is 3.41. The van der Waals surface area contributed by atoms with E-state index < -0.39 is 17.0 Å². The summed E-state index contributed by atoms with van der Waals surface area (Å²) in [6.07, 6.45) is 0. The van der Waals surface area contributed by atoms with Crippen molar-refractivity contribution in [1.82, 2.24) is 9.55 Å². The van der Waals surface area contributed by atoms with E-state index in [1.54, 1.807) is 35.8 Å². The molecule has 1 aromatic heterocycles. The summed E-state index contributed by atoms with van der Waals surface area (Å²) in [5, 5.41) is -0.475. The van der Waals surface area contributed by atoms with E-state index in [-0.39, 0.29) is 5.52 Å². The lowest BCUT2D eigenvalue weighted by molar-refractivity contribution is 0.616. The van der Waals surface area contributed by atoms with Gasteiger partial charge in [-0.25, -0.2) is 13.8 Å². The fourth-order valence-corrected chi connectivity index (χ4v) is 2.54. The second-order valence-corrected chi connectivity index (χ2v) is 5.64. The number of halogens is 3. The molecule has 0 aliphatic heterocycles. The molecular weight excluding hydrogens is 294 g/mol. The Hall–Kier alpha value is -1.94. The van der Waals surface area contributed by atoms with Crippen LogP contribution in [-0.4, -0.2) is 9.55 Å². The summed E-state index contributed by atoms with van der Waals surface area (Å²) in [4.78, 5) is 4.25. The molecule has 3 rings (SSSR count). The summed E-state index contributed by atoms with van der Waals surface area (Å²) in [5.41, 5.74) is 1.92. The van der Waals surface area contributed by atoms with Gasteiger partial charge in [0.25, 0.3) is 0 Å². The number of imidazole rings is 1. The summed E-state index contributed by atoms with van der Waals surface area (Å²) in [6.45, 7) is 3.59. The zero-order chi connectivity index (χ0) is 15.1. The number of hydrogen-bond acceptors (Lipinski definition) is 1. The molecule has 108 valence electrons. The largest absolute Gasteiger partial charge is 0.292 e. The van der Waals surface area contributed by atoms with Gasteiger partial charge in [-0.3, -0.25) is 4.57 Å². The van der Waals surface area contributed by atoms with E-state index in [0.717, 1.165) is 5.56 Å². The molecule has 0 fully saturated rings. The van der Waals surface area contributed by atoms with Gasteiger partial charge in [0.05, 0.1) is 16.6 Å². The van der Waals surface area contributed by atoms with Crippen molar-refractivity contribution in [1.29, 1.82) is 0 Å². The highest BCUT2D eigenvalue weighted by molar-refractivity contribution is 6.20. The molecule has 0 radical (unpaired) electrons. The third-order valence-corrected chi connectivity index (χ3v) is 3.56. The van der Waals surface area contributed by atoms with Gasteiger partial charge in [-0.05, 0) is 43.7 Å². The van der Waals surface area contributed by atoms with Crippen LogP contribution in [-0.2, 0) is 0 Å². The average molecular weight is 307 g/mol. The molecule has 2 nitrogen and oxygen atoms in total. The lowest BCUT2D eigenvalue weighted by atomic mass is 10.2. The highest BCUT2D eigenvalue weighted by Gasteiger charge is 2.20. The van der Waals surface area contributed by atoms with Crippen molar-refractivity contribution < 1.29 is 8.78 Å². The predicted molar refractivity (Wildman–Crippen MR) is 80.0 cm³/mol. The molecule has 21 heavy (non-hydrogen) atoms. The van der Waals surface area contributed by atoms with Crippen LogP contribution in [0, 0.1) is 18.6 Å².